The largest absolute Gasteiger partial charge is 0.385 e. The molecule has 1 fully saturated rings. The van der Waals surface area contributed by atoms with E-state index in [1.807, 2.05) is 31.2 Å². The molecular formula is C14H21NO3S. The molecule has 1 aliphatic heterocycles. The third kappa shape index (κ3) is 2.30. The maximum Gasteiger partial charge on any atom is 0.151 e. The number of nitrogens with two attached hydrogens (primary N) is 1. The molecule has 0 amide bonds. The summed E-state index contributed by atoms with van der Waals surface area (Å²) in [6, 6.07) is 7.51. The van der Waals surface area contributed by atoms with Gasteiger partial charge in [0.05, 0.1) is 17.1 Å². The van der Waals surface area contributed by atoms with E-state index in [-0.39, 0.29) is 18.1 Å². The molecule has 1 saturated heterocycles. The molecule has 2 unspecified atom stereocenters. The molecule has 0 aromatic heterocycles. The average molecular weight is 283 g/mol. The van der Waals surface area contributed by atoms with Crippen LogP contribution in [-0.4, -0.2) is 31.6 Å². The van der Waals surface area contributed by atoms with Gasteiger partial charge < -0.3 is 10.8 Å². The van der Waals surface area contributed by atoms with Gasteiger partial charge >= 0.3 is 0 Å². The second kappa shape index (κ2) is 4.58. The van der Waals surface area contributed by atoms with E-state index < -0.39 is 20.9 Å². The van der Waals surface area contributed by atoms with E-state index in [1.165, 1.54) is 0 Å². The topological polar surface area (TPSA) is 80.4 Å². The Hall–Kier alpha value is -0.910. The molecule has 5 heteroatoms. The number of aliphatic hydroxyl groups is 1. The summed E-state index contributed by atoms with van der Waals surface area (Å²) in [7, 11) is -3.11. The van der Waals surface area contributed by atoms with Crippen molar-refractivity contribution < 1.29 is 13.5 Å². The van der Waals surface area contributed by atoms with Crippen LogP contribution in [0.2, 0.25) is 0 Å². The zero-order valence-electron chi connectivity index (χ0n) is 11.4. The van der Waals surface area contributed by atoms with E-state index in [0.29, 0.717) is 6.42 Å². The molecule has 0 bridgehead atoms. The van der Waals surface area contributed by atoms with Crippen LogP contribution in [0.5, 0.6) is 0 Å². The second-order valence-electron chi connectivity index (χ2n) is 5.71. The number of sulfone groups is 1. The van der Waals surface area contributed by atoms with E-state index in [9.17, 15) is 13.5 Å². The molecular weight excluding hydrogens is 262 g/mol. The number of hydrogen-bond acceptors (Lipinski definition) is 4. The van der Waals surface area contributed by atoms with E-state index in [4.69, 9.17) is 5.73 Å². The molecule has 0 radical (unpaired) electrons. The van der Waals surface area contributed by atoms with Gasteiger partial charge in [0.15, 0.2) is 9.84 Å². The molecule has 4 nitrogen and oxygen atoms in total. The first-order valence-corrected chi connectivity index (χ1v) is 8.25. The number of hydrogen-bond donors (Lipinski definition) is 2. The normalized spacial score (nSPS) is 29.1. The fraction of sp³-hybridized carbons (Fsp3) is 0.571. The lowest BCUT2D eigenvalue weighted by molar-refractivity contribution is -0.0587. The Balaban J connectivity index is 2.52. The zero-order valence-corrected chi connectivity index (χ0v) is 12.2. The molecule has 19 heavy (non-hydrogen) atoms. The minimum Gasteiger partial charge on any atom is -0.385 e. The van der Waals surface area contributed by atoms with Crippen molar-refractivity contribution in [2.24, 2.45) is 11.1 Å². The molecule has 2 atom stereocenters. The molecule has 0 saturated carbocycles. The monoisotopic (exact) mass is 283 g/mol. The standard InChI is InChI=1S/C14H21NO3S/c1-11-5-3-4-6-12(11)13(2,16)14(9-15)7-8-19(17,18)10-14/h3-6,16H,7-10,15H2,1-2H3. The molecule has 1 aromatic carbocycles. The molecule has 1 aromatic rings. The van der Waals surface area contributed by atoms with Gasteiger partial charge in [-0.3, -0.25) is 0 Å². The molecule has 1 aliphatic rings. The van der Waals surface area contributed by atoms with Crippen LogP contribution in [0.3, 0.4) is 0 Å². The van der Waals surface area contributed by atoms with Gasteiger partial charge in [0.2, 0.25) is 0 Å². The first-order chi connectivity index (χ1) is 8.74. The van der Waals surface area contributed by atoms with E-state index >= 15 is 0 Å². The van der Waals surface area contributed by atoms with Gasteiger partial charge in [0, 0.05) is 12.0 Å². The summed E-state index contributed by atoms with van der Waals surface area (Å²) in [5.41, 5.74) is 5.52. The Bertz CT molecular complexity index is 580. The van der Waals surface area contributed by atoms with E-state index in [1.54, 1.807) is 6.92 Å². The van der Waals surface area contributed by atoms with Crippen LogP contribution >= 0.6 is 0 Å². The Morgan fingerprint density at radius 1 is 1.42 bits per heavy atom. The SMILES string of the molecule is Cc1ccccc1C(C)(O)C1(CN)CCS(=O)(=O)C1. The number of rotatable bonds is 3. The van der Waals surface area contributed by atoms with Crippen LogP contribution in [0.1, 0.15) is 24.5 Å². The summed E-state index contributed by atoms with van der Waals surface area (Å²) >= 11 is 0. The van der Waals surface area contributed by atoms with Crippen molar-refractivity contribution in [1.82, 2.24) is 0 Å². The van der Waals surface area contributed by atoms with Crippen molar-refractivity contribution in [2.75, 3.05) is 18.1 Å². The summed E-state index contributed by atoms with van der Waals surface area (Å²) < 4.78 is 23.6. The van der Waals surface area contributed by atoms with Crippen molar-refractivity contribution in [1.29, 1.82) is 0 Å². The molecule has 1 heterocycles. The first-order valence-electron chi connectivity index (χ1n) is 6.43. The van der Waals surface area contributed by atoms with Gasteiger partial charge in [-0.25, -0.2) is 8.42 Å². The second-order valence-corrected chi connectivity index (χ2v) is 7.90. The molecule has 0 aliphatic carbocycles. The Labute approximate surface area is 114 Å². The van der Waals surface area contributed by atoms with Crippen molar-refractivity contribution in [3.8, 4) is 0 Å². The van der Waals surface area contributed by atoms with Gasteiger partial charge in [-0.15, -0.1) is 0 Å². The van der Waals surface area contributed by atoms with Crippen LogP contribution in [-0.2, 0) is 15.4 Å². The van der Waals surface area contributed by atoms with Crippen molar-refractivity contribution in [3.63, 3.8) is 0 Å². The smallest absolute Gasteiger partial charge is 0.151 e. The van der Waals surface area contributed by atoms with Crippen molar-refractivity contribution in [3.05, 3.63) is 35.4 Å². The summed E-state index contributed by atoms with van der Waals surface area (Å²) in [6.45, 7) is 3.76. The van der Waals surface area contributed by atoms with Gasteiger partial charge in [-0.1, -0.05) is 24.3 Å². The predicted octanol–water partition coefficient (Wildman–Crippen LogP) is 0.966. The first kappa shape index (κ1) is 14.5. The summed E-state index contributed by atoms with van der Waals surface area (Å²) in [4.78, 5) is 0. The van der Waals surface area contributed by atoms with Crippen LogP contribution in [0.15, 0.2) is 24.3 Å². The van der Waals surface area contributed by atoms with Crippen LogP contribution < -0.4 is 5.73 Å². The molecule has 0 spiro atoms. The fourth-order valence-electron chi connectivity index (χ4n) is 3.06. The highest BCUT2D eigenvalue weighted by Crippen LogP contribution is 2.47. The summed E-state index contributed by atoms with van der Waals surface area (Å²) in [5.74, 6) is 0.0596. The van der Waals surface area contributed by atoms with Crippen molar-refractivity contribution in [2.45, 2.75) is 25.9 Å². The molecule has 2 rings (SSSR count). The number of aryl methyl sites for hydroxylation is 1. The highest BCUT2D eigenvalue weighted by Gasteiger charge is 2.54. The molecule has 3 N–H and O–H groups in total. The van der Waals surface area contributed by atoms with E-state index in [2.05, 4.69) is 0 Å². The minimum absolute atomic E-state index is 0.0438. The van der Waals surface area contributed by atoms with Crippen LogP contribution in [0.4, 0.5) is 0 Å². The van der Waals surface area contributed by atoms with Crippen LogP contribution in [0.25, 0.3) is 0 Å². The highest BCUT2D eigenvalue weighted by molar-refractivity contribution is 7.91. The van der Waals surface area contributed by atoms with Gasteiger partial charge in [0.1, 0.15) is 0 Å². The predicted molar refractivity (Wildman–Crippen MR) is 75.5 cm³/mol. The van der Waals surface area contributed by atoms with Gasteiger partial charge in [-0.2, -0.15) is 0 Å². The summed E-state index contributed by atoms with van der Waals surface area (Å²) in [6.07, 6.45) is 0.410. The quantitative estimate of drug-likeness (QED) is 0.866. The lowest BCUT2D eigenvalue weighted by Crippen LogP contribution is -2.50. The maximum atomic E-state index is 11.8. The van der Waals surface area contributed by atoms with Gasteiger partial charge in [0.25, 0.3) is 0 Å². The Morgan fingerprint density at radius 2 is 2.05 bits per heavy atom. The lowest BCUT2D eigenvalue weighted by Gasteiger charge is -2.42. The lowest BCUT2D eigenvalue weighted by atomic mass is 9.68. The maximum absolute atomic E-state index is 11.8. The molecule has 106 valence electrons. The third-order valence-electron chi connectivity index (χ3n) is 4.48. The number of benzene rings is 1. The minimum atomic E-state index is -3.11. The van der Waals surface area contributed by atoms with Gasteiger partial charge in [-0.05, 0) is 31.4 Å². The third-order valence-corrected chi connectivity index (χ3v) is 6.30. The van der Waals surface area contributed by atoms with Crippen LogP contribution in [0, 0.1) is 12.3 Å². The zero-order chi connectivity index (χ0) is 14.3. The average Bonchev–Trinajstić information content (AvgIpc) is 2.67. The van der Waals surface area contributed by atoms with Crippen molar-refractivity contribution >= 4 is 9.84 Å². The summed E-state index contributed by atoms with van der Waals surface area (Å²) in [5, 5.41) is 11.0. The highest BCUT2D eigenvalue weighted by atomic mass is 32.2. The Kier molecular flexibility index (Phi) is 3.49. The fourth-order valence-corrected chi connectivity index (χ4v) is 5.30. The van der Waals surface area contributed by atoms with E-state index in [0.717, 1.165) is 11.1 Å². The Morgan fingerprint density at radius 3 is 2.53 bits per heavy atom.